The molecule has 0 radical (unpaired) electrons. The summed E-state index contributed by atoms with van der Waals surface area (Å²) in [7, 11) is 2.95. The summed E-state index contributed by atoms with van der Waals surface area (Å²) >= 11 is 0. The minimum Gasteiger partial charge on any atom is -0.493 e. The average molecular weight is 472 g/mol. The number of carbonyl (C=O) groups is 3. The number of carbonyl (C=O) groups excluding carboxylic acids is 3. The van der Waals surface area contributed by atoms with Gasteiger partial charge in [0.25, 0.3) is 0 Å². The van der Waals surface area contributed by atoms with Crippen molar-refractivity contribution in [1.82, 2.24) is 4.90 Å². The first-order valence-electron chi connectivity index (χ1n) is 10.8. The molecular formula is C24H28N2O8. The molecule has 1 aliphatic rings. The number of nitrogens with one attached hydrogen (secondary N) is 1. The van der Waals surface area contributed by atoms with Crippen LogP contribution in [-0.4, -0.2) is 63.5 Å². The van der Waals surface area contributed by atoms with Gasteiger partial charge in [-0.25, -0.2) is 4.79 Å². The molecule has 1 aliphatic heterocycles. The Labute approximate surface area is 197 Å². The van der Waals surface area contributed by atoms with Crippen molar-refractivity contribution in [3.8, 4) is 17.2 Å². The summed E-state index contributed by atoms with van der Waals surface area (Å²) in [6, 6.07) is 10.3. The number of hydrogen-bond acceptors (Lipinski definition) is 8. The summed E-state index contributed by atoms with van der Waals surface area (Å²) in [5.74, 6) is 0.664. The molecule has 1 saturated heterocycles. The highest BCUT2D eigenvalue weighted by Gasteiger charge is 2.24. The molecule has 0 bridgehead atoms. The topological polar surface area (TPSA) is 113 Å². The molecule has 1 N–H and O–H groups in total. The second-order valence-corrected chi connectivity index (χ2v) is 7.41. The fraction of sp³-hybridized carbons (Fsp3) is 0.375. The number of benzene rings is 2. The van der Waals surface area contributed by atoms with Crippen molar-refractivity contribution in [1.29, 1.82) is 0 Å². The molecule has 182 valence electrons. The zero-order valence-electron chi connectivity index (χ0n) is 19.4. The summed E-state index contributed by atoms with van der Waals surface area (Å²) in [4.78, 5) is 37.4. The number of nitrogens with zero attached hydrogens (tertiary/aromatic N) is 1. The molecule has 0 unspecified atom stereocenters. The minimum atomic E-state index is -0.422. The minimum absolute atomic E-state index is 0.0868. The van der Waals surface area contributed by atoms with E-state index in [1.807, 2.05) is 0 Å². The Bertz CT molecular complexity index is 1040. The molecule has 2 aromatic carbocycles. The number of ether oxygens (including phenoxy) is 5. The lowest BCUT2D eigenvalue weighted by Crippen LogP contribution is -2.24. The van der Waals surface area contributed by atoms with Gasteiger partial charge in [-0.05, 0) is 42.8 Å². The highest BCUT2D eigenvalue weighted by Crippen LogP contribution is 2.36. The second-order valence-electron chi connectivity index (χ2n) is 7.41. The van der Waals surface area contributed by atoms with Gasteiger partial charge in [0.2, 0.25) is 5.91 Å². The van der Waals surface area contributed by atoms with E-state index in [9.17, 15) is 14.4 Å². The highest BCUT2D eigenvalue weighted by molar-refractivity contribution is 5.91. The molecular weight excluding hydrogens is 444 g/mol. The van der Waals surface area contributed by atoms with Gasteiger partial charge >= 0.3 is 12.1 Å². The maximum Gasteiger partial charge on any atom is 0.410 e. The van der Waals surface area contributed by atoms with Gasteiger partial charge in [-0.2, -0.15) is 0 Å². The lowest BCUT2D eigenvalue weighted by molar-refractivity contribution is -0.142. The third-order valence-corrected chi connectivity index (χ3v) is 4.93. The van der Waals surface area contributed by atoms with Crippen molar-refractivity contribution < 1.29 is 38.1 Å². The molecule has 3 rings (SSSR count). The number of amides is 2. The molecule has 0 atom stereocenters. The van der Waals surface area contributed by atoms with Crippen LogP contribution in [0.15, 0.2) is 36.4 Å². The number of cyclic esters (lactones) is 1. The summed E-state index contributed by atoms with van der Waals surface area (Å²) in [5.41, 5.74) is 1.87. The molecule has 2 aromatic rings. The molecule has 0 saturated carbocycles. The Morgan fingerprint density at radius 2 is 1.88 bits per heavy atom. The van der Waals surface area contributed by atoms with Crippen molar-refractivity contribution in [2.45, 2.75) is 19.9 Å². The van der Waals surface area contributed by atoms with Crippen LogP contribution in [0.4, 0.5) is 10.5 Å². The van der Waals surface area contributed by atoms with Crippen LogP contribution in [0.3, 0.4) is 0 Å². The number of esters is 1. The van der Waals surface area contributed by atoms with Crippen molar-refractivity contribution in [2.75, 3.05) is 45.9 Å². The zero-order chi connectivity index (χ0) is 24.5. The lowest BCUT2D eigenvalue weighted by Gasteiger charge is -2.19. The van der Waals surface area contributed by atoms with E-state index < -0.39 is 6.09 Å². The Morgan fingerprint density at radius 1 is 1.09 bits per heavy atom. The van der Waals surface area contributed by atoms with Gasteiger partial charge in [-0.3, -0.25) is 9.59 Å². The molecule has 1 heterocycles. The van der Waals surface area contributed by atoms with Crippen molar-refractivity contribution in [3.63, 3.8) is 0 Å². The summed E-state index contributed by atoms with van der Waals surface area (Å²) < 4.78 is 26.5. The fourth-order valence-corrected chi connectivity index (χ4v) is 3.39. The van der Waals surface area contributed by atoms with Gasteiger partial charge in [0.15, 0.2) is 11.5 Å². The monoisotopic (exact) mass is 472 g/mol. The van der Waals surface area contributed by atoms with Gasteiger partial charge in [0.1, 0.15) is 19.0 Å². The fourth-order valence-electron chi connectivity index (χ4n) is 3.39. The van der Waals surface area contributed by atoms with Gasteiger partial charge in [-0.1, -0.05) is 6.07 Å². The number of rotatable bonds is 11. The van der Waals surface area contributed by atoms with Crippen LogP contribution in [0.2, 0.25) is 0 Å². The Balaban J connectivity index is 1.90. The van der Waals surface area contributed by atoms with E-state index in [-0.39, 0.29) is 31.4 Å². The Kier molecular flexibility index (Phi) is 8.69. The van der Waals surface area contributed by atoms with Crippen molar-refractivity contribution >= 4 is 23.7 Å². The second kappa shape index (κ2) is 11.9. The maximum atomic E-state index is 12.0. The SMILES string of the molecule is CCOC(=O)Cc1ccc(OC)c(Oc2ccc(NC(=O)COC)cc2CN2CCOC2=O)c1. The van der Waals surface area contributed by atoms with Crippen LogP contribution in [-0.2, 0) is 36.8 Å². The average Bonchev–Trinajstić information content (AvgIpc) is 3.20. The molecule has 1 fully saturated rings. The zero-order valence-corrected chi connectivity index (χ0v) is 19.4. The van der Waals surface area contributed by atoms with E-state index in [4.69, 9.17) is 23.7 Å². The summed E-state index contributed by atoms with van der Waals surface area (Å²) in [6.45, 7) is 2.93. The number of anilines is 1. The Morgan fingerprint density at radius 3 is 2.56 bits per heavy atom. The first kappa shape index (κ1) is 24.8. The molecule has 10 nitrogen and oxygen atoms in total. The molecule has 0 aromatic heterocycles. The van der Waals surface area contributed by atoms with Crippen LogP contribution >= 0.6 is 0 Å². The smallest absolute Gasteiger partial charge is 0.410 e. The molecule has 2 amide bonds. The van der Waals surface area contributed by atoms with E-state index in [1.165, 1.54) is 19.1 Å². The Hall–Kier alpha value is -3.79. The third-order valence-electron chi connectivity index (χ3n) is 4.93. The maximum absolute atomic E-state index is 12.0. The van der Waals surface area contributed by atoms with Gasteiger partial charge in [-0.15, -0.1) is 0 Å². The quantitative estimate of drug-likeness (QED) is 0.497. The first-order valence-corrected chi connectivity index (χ1v) is 10.8. The summed E-state index contributed by atoms with van der Waals surface area (Å²) in [6.07, 6.45) is -0.334. The number of hydrogen-bond donors (Lipinski definition) is 1. The van der Waals surface area contributed by atoms with Gasteiger partial charge in [0.05, 0.1) is 33.2 Å². The van der Waals surface area contributed by atoms with Gasteiger partial charge in [0, 0.05) is 18.4 Å². The largest absolute Gasteiger partial charge is 0.493 e. The first-order chi connectivity index (χ1) is 16.4. The van der Waals surface area contributed by atoms with Gasteiger partial charge < -0.3 is 33.9 Å². The molecule has 34 heavy (non-hydrogen) atoms. The van der Waals surface area contributed by atoms with Crippen molar-refractivity contribution in [2.24, 2.45) is 0 Å². The highest BCUT2D eigenvalue weighted by atomic mass is 16.6. The third kappa shape index (κ3) is 6.61. The van der Waals surface area contributed by atoms with E-state index >= 15 is 0 Å². The summed E-state index contributed by atoms with van der Waals surface area (Å²) in [5, 5.41) is 2.75. The van der Waals surface area contributed by atoms with Crippen molar-refractivity contribution in [3.05, 3.63) is 47.5 Å². The van der Waals surface area contributed by atoms with E-state index in [0.717, 1.165) is 0 Å². The van der Waals surface area contributed by atoms with E-state index in [0.29, 0.717) is 53.8 Å². The van der Waals surface area contributed by atoms with Crippen LogP contribution in [0.25, 0.3) is 0 Å². The van der Waals surface area contributed by atoms with Crippen LogP contribution in [0.1, 0.15) is 18.1 Å². The molecule has 10 heteroatoms. The normalized spacial score (nSPS) is 12.8. The number of methoxy groups -OCH3 is 2. The predicted octanol–water partition coefficient (Wildman–Crippen LogP) is 3.13. The molecule has 0 spiro atoms. The van der Waals surface area contributed by atoms with Crippen LogP contribution in [0.5, 0.6) is 17.2 Å². The predicted molar refractivity (Wildman–Crippen MR) is 122 cm³/mol. The standard InChI is InChI=1S/C24H28N2O8/c1-4-32-23(28)12-16-5-7-20(31-3)21(11-16)34-19-8-6-18(25-22(27)15-30-2)13-17(19)14-26-9-10-33-24(26)29/h5-8,11,13H,4,9-10,12,14-15H2,1-3H3,(H,25,27). The van der Waals surface area contributed by atoms with E-state index in [1.54, 1.807) is 43.3 Å². The van der Waals surface area contributed by atoms with Crippen LogP contribution in [0, 0.1) is 0 Å². The molecule has 0 aliphatic carbocycles. The van der Waals surface area contributed by atoms with E-state index in [2.05, 4.69) is 5.32 Å². The lowest BCUT2D eigenvalue weighted by atomic mass is 10.1. The van der Waals surface area contributed by atoms with Crippen LogP contribution < -0.4 is 14.8 Å².